The van der Waals surface area contributed by atoms with E-state index in [1.165, 1.54) is 5.56 Å². The average Bonchev–Trinajstić information content (AvgIpc) is 2.59. The number of nitrogens with one attached hydrogen (secondary N) is 2. The van der Waals surface area contributed by atoms with Gasteiger partial charge in [-0.3, -0.25) is 0 Å². The quantitative estimate of drug-likeness (QED) is 0.314. The summed E-state index contributed by atoms with van der Waals surface area (Å²) in [4.78, 5) is 4.18. The van der Waals surface area contributed by atoms with Crippen LogP contribution in [0.3, 0.4) is 0 Å². The molecule has 0 amide bonds. The summed E-state index contributed by atoms with van der Waals surface area (Å²) in [5.74, 6) is 0.247. The first-order chi connectivity index (χ1) is 12.5. The molecular weight excluding hydrogens is 344 g/mol. The number of para-hydroxylation sites is 1. The number of anilines is 1. The van der Waals surface area contributed by atoms with Gasteiger partial charge in [-0.05, 0) is 56.1 Å². The van der Waals surface area contributed by atoms with Gasteiger partial charge in [-0.2, -0.15) is 4.99 Å². The van der Waals surface area contributed by atoms with E-state index >= 15 is 0 Å². The zero-order chi connectivity index (χ0) is 18.9. The van der Waals surface area contributed by atoms with Crippen molar-refractivity contribution in [3.8, 4) is 0 Å². The minimum atomic E-state index is -0.247. The summed E-state index contributed by atoms with van der Waals surface area (Å²) >= 11 is 5.23. The topological polar surface area (TPSA) is 71.7 Å². The number of thiocarbonyl (C=S) groups is 1. The van der Waals surface area contributed by atoms with Crippen LogP contribution in [0.1, 0.15) is 23.6 Å². The predicted molar refractivity (Wildman–Crippen MR) is 112 cm³/mol. The molecule has 1 atom stereocenters. The number of hydrogen-bond acceptors (Lipinski definition) is 2. The van der Waals surface area contributed by atoms with Crippen LogP contribution in [0.5, 0.6) is 0 Å². The Morgan fingerprint density at radius 3 is 2.42 bits per heavy atom. The molecule has 26 heavy (non-hydrogen) atoms. The first-order valence-electron chi connectivity index (χ1n) is 8.59. The van der Waals surface area contributed by atoms with Gasteiger partial charge in [-0.25, -0.2) is 0 Å². The zero-order valence-electron chi connectivity index (χ0n) is 15.5. The highest BCUT2D eigenvalue weighted by molar-refractivity contribution is 7.80. The molecule has 0 spiro atoms. The third kappa shape index (κ3) is 6.46. The van der Waals surface area contributed by atoms with Gasteiger partial charge in [0.2, 0.25) is 5.96 Å². The summed E-state index contributed by atoms with van der Waals surface area (Å²) < 4.78 is 5.73. The van der Waals surface area contributed by atoms with Crippen molar-refractivity contribution in [3.05, 3.63) is 65.2 Å². The van der Waals surface area contributed by atoms with Crippen LogP contribution in [0.2, 0.25) is 0 Å². The third-order valence-corrected chi connectivity index (χ3v) is 4.09. The van der Waals surface area contributed by atoms with Gasteiger partial charge in [0, 0.05) is 5.69 Å². The normalized spacial score (nSPS) is 12.5. The van der Waals surface area contributed by atoms with Crippen LogP contribution in [-0.2, 0) is 11.2 Å². The van der Waals surface area contributed by atoms with Gasteiger partial charge in [-0.1, -0.05) is 48.5 Å². The Hall–Kier alpha value is -2.44. The number of ether oxygens (including phenoxy) is 1. The molecule has 2 rings (SSSR count). The molecule has 1 unspecified atom stereocenters. The van der Waals surface area contributed by atoms with Gasteiger partial charge in [-0.15, -0.1) is 0 Å². The van der Waals surface area contributed by atoms with E-state index in [2.05, 4.69) is 27.8 Å². The number of hydrogen-bond donors (Lipinski definition) is 3. The predicted octanol–water partition coefficient (Wildman–Crippen LogP) is 3.51. The summed E-state index contributed by atoms with van der Waals surface area (Å²) in [5, 5.41) is 6.41. The Labute approximate surface area is 160 Å². The number of nitrogens with two attached hydrogens (primary N) is 1. The van der Waals surface area contributed by atoms with E-state index in [1.807, 2.05) is 57.2 Å². The molecule has 0 aliphatic carbocycles. The molecule has 5 nitrogen and oxygen atoms in total. The van der Waals surface area contributed by atoms with Gasteiger partial charge in [0.25, 0.3) is 0 Å². The fourth-order valence-electron chi connectivity index (χ4n) is 2.52. The highest BCUT2D eigenvalue weighted by Gasteiger charge is 2.06. The lowest BCUT2D eigenvalue weighted by atomic mass is 10.1. The molecule has 0 heterocycles. The highest BCUT2D eigenvalue weighted by Crippen LogP contribution is 2.18. The molecule has 0 aliphatic rings. The second-order valence-corrected chi connectivity index (χ2v) is 6.47. The molecule has 0 fully saturated rings. The van der Waals surface area contributed by atoms with E-state index in [1.54, 1.807) is 0 Å². The summed E-state index contributed by atoms with van der Waals surface area (Å²) in [6.07, 6.45) is 0.599. The van der Waals surface area contributed by atoms with Crippen molar-refractivity contribution in [1.29, 1.82) is 0 Å². The molecule has 0 radical (unpaired) electrons. The molecule has 0 aliphatic heterocycles. The number of aliphatic imine (C=N–C) groups is 1. The standard InChI is InChI=1S/C20H26N4OS/c1-14-8-7-9-15(2)18(14)23-19(21)24-20(26)22-16(3)25-13-12-17-10-5-4-6-11-17/h4-11,16H,12-13H2,1-3H3,(H4,21,22,23,24,26). The Bertz CT molecular complexity index is 741. The van der Waals surface area contributed by atoms with E-state index < -0.39 is 0 Å². The summed E-state index contributed by atoms with van der Waals surface area (Å²) in [6.45, 7) is 6.52. The van der Waals surface area contributed by atoms with Crippen molar-refractivity contribution in [3.63, 3.8) is 0 Å². The van der Waals surface area contributed by atoms with Crippen LogP contribution >= 0.6 is 12.2 Å². The molecule has 0 saturated heterocycles. The molecule has 0 saturated carbocycles. The number of aryl methyl sites for hydroxylation is 2. The molecule has 2 aromatic carbocycles. The fourth-order valence-corrected chi connectivity index (χ4v) is 2.79. The minimum Gasteiger partial charge on any atom is -0.369 e. The summed E-state index contributed by atoms with van der Waals surface area (Å²) in [5.41, 5.74) is 10.3. The van der Waals surface area contributed by atoms with Crippen molar-refractivity contribution in [2.75, 3.05) is 11.9 Å². The lowest BCUT2D eigenvalue weighted by Gasteiger charge is -2.16. The first kappa shape index (κ1) is 19.9. The van der Waals surface area contributed by atoms with E-state index in [4.69, 9.17) is 22.7 Å². The monoisotopic (exact) mass is 370 g/mol. The second-order valence-electron chi connectivity index (χ2n) is 6.09. The Morgan fingerprint density at radius 2 is 1.77 bits per heavy atom. The molecule has 0 bridgehead atoms. The number of rotatable bonds is 6. The maximum atomic E-state index is 5.97. The molecule has 6 heteroatoms. The van der Waals surface area contributed by atoms with Gasteiger partial charge in [0.1, 0.15) is 6.23 Å². The van der Waals surface area contributed by atoms with E-state index in [-0.39, 0.29) is 17.3 Å². The summed E-state index contributed by atoms with van der Waals surface area (Å²) in [6, 6.07) is 16.2. The van der Waals surface area contributed by atoms with E-state index in [0.717, 1.165) is 23.2 Å². The third-order valence-electron chi connectivity index (χ3n) is 3.88. The van der Waals surface area contributed by atoms with Gasteiger partial charge in [0.05, 0.1) is 6.61 Å². The van der Waals surface area contributed by atoms with Gasteiger partial charge < -0.3 is 21.1 Å². The second kappa shape index (κ2) is 9.89. The maximum Gasteiger partial charge on any atom is 0.200 e. The van der Waals surface area contributed by atoms with E-state index in [0.29, 0.717) is 6.61 Å². The molecule has 0 aromatic heterocycles. The van der Waals surface area contributed by atoms with Crippen LogP contribution in [-0.4, -0.2) is 23.9 Å². The van der Waals surface area contributed by atoms with Crippen molar-refractivity contribution >= 4 is 29.0 Å². The molecule has 138 valence electrons. The number of guanidine groups is 1. The lowest BCUT2D eigenvalue weighted by Crippen LogP contribution is -2.35. The van der Waals surface area contributed by atoms with E-state index in [9.17, 15) is 0 Å². The highest BCUT2D eigenvalue weighted by atomic mass is 32.1. The smallest absolute Gasteiger partial charge is 0.200 e. The van der Waals surface area contributed by atoms with Crippen LogP contribution in [0.15, 0.2) is 53.5 Å². The Morgan fingerprint density at radius 1 is 1.12 bits per heavy atom. The van der Waals surface area contributed by atoms with Crippen LogP contribution in [0.25, 0.3) is 0 Å². The number of nitrogens with zero attached hydrogens (tertiary/aromatic N) is 1. The van der Waals surface area contributed by atoms with Crippen molar-refractivity contribution in [2.45, 2.75) is 33.4 Å². The SMILES string of the molecule is Cc1cccc(C)c1N/C(N)=N/C(=S)NC(C)OCCc1ccccc1. The van der Waals surface area contributed by atoms with Crippen LogP contribution < -0.4 is 16.4 Å². The number of benzene rings is 2. The minimum absolute atomic E-state index is 0.247. The van der Waals surface area contributed by atoms with Crippen molar-refractivity contribution in [2.24, 2.45) is 10.7 Å². The zero-order valence-corrected chi connectivity index (χ0v) is 16.3. The lowest BCUT2D eigenvalue weighted by molar-refractivity contribution is 0.0588. The Balaban J connectivity index is 1.80. The Kier molecular flexibility index (Phi) is 7.56. The largest absolute Gasteiger partial charge is 0.369 e. The summed E-state index contributed by atoms with van der Waals surface area (Å²) in [7, 11) is 0. The maximum absolute atomic E-state index is 5.97. The van der Waals surface area contributed by atoms with Gasteiger partial charge >= 0.3 is 0 Å². The van der Waals surface area contributed by atoms with Crippen LogP contribution in [0.4, 0.5) is 5.69 Å². The molecule has 4 N–H and O–H groups in total. The average molecular weight is 371 g/mol. The molecular formula is C20H26N4OS. The van der Waals surface area contributed by atoms with Crippen molar-refractivity contribution in [1.82, 2.24) is 5.32 Å². The fraction of sp³-hybridized carbons (Fsp3) is 0.300. The molecule has 2 aromatic rings. The first-order valence-corrected chi connectivity index (χ1v) is 9.00. The van der Waals surface area contributed by atoms with Crippen molar-refractivity contribution < 1.29 is 4.74 Å². The van der Waals surface area contributed by atoms with Crippen LogP contribution in [0, 0.1) is 13.8 Å². The van der Waals surface area contributed by atoms with Gasteiger partial charge in [0.15, 0.2) is 5.11 Å².